The van der Waals surface area contributed by atoms with E-state index in [2.05, 4.69) is 5.10 Å². The first kappa shape index (κ1) is 20.3. The molecule has 0 saturated heterocycles. The van der Waals surface area contributed by atoms with Crippen molar-refractivity contribution in [1.29, 1.82) is 0 Å². The maximum Gasteiger partial charge on any atom is 0.335 e. The highest BCUT2D eigenvalue weighted by molar-refractivity contribution is 6.00. The molecule has 2 aromatic carbocycles. The van der Waals surface area contributed by atoms with Gasteiger partial charge in [-0.25, -0.2) is 13.7 Å². The van der Waals surface area contributed by atoms with Crippen molar-refractivity contribution in [3.63, 3.8) is 0 Å². The summed E-state index contributed by atoms with van der Waals surface area (Å²) >= 11 is 0. The molecule has 4 aromatic rings. The maximum atomic E-state index is 13.6. The van der Waals surface area contributed by atoms with E-state index in [1.807, 2.05) is 25.1 Å². The van der Waals surface area contributed by atoms with Crippen molar-refractivity contribution in [2.24, 2.45) is 0 Å². The minimum absolute atomic E-state index is 0.148. The lowest BCUT2D eigenvalue weighted by Gasteiger charge is -2.30. The van der Waals surface area contributed by atoms with Crippen LogP contribution in [0.2, 0.25) is 0 Å². The van der Waals surface area contributed by atoms with Gasteiger partial charge >= 0.3 is 5.97 Å². The number of benzene rings is 2. The van der Waals surface area contributed by atoms with Gasteiger partial charge in [0.05, 0.1) is 28.9 Å². The third-order valence-electron chi connectivity index (χ3n) is 5.26. The molecule has 0 aliphatic carbocycles. The Hall–Kier alpha value is -4.00. The summed E-state index contributed by atoms with van der Waals surface area (Å²) in [5.74, 6) is -1.64. The van der Waals surface area contributed by atoms with Gasteiger partial charge in [-0.2, -0.15) is 5.10 Å². The Bertz CT molecular complexity index is 1250. The van der Waals surface area contributed by atoms with Crippen LogP contribution in [0.4, 0.5) is 4.39 Å². The maximum absolute atomic E-state index is 13.6. The number of carbonyl (C=O) groups excluding carboxylic acids is 1. The fourth-order valence-corrected chi connectivity index (χ4v) is 3.56. The standard InChI is InChI=1S/C24H20FN3O3/c1-16(18-8-10-20(25)11-9-18)27(15-17-5-4-6-19(13-17)24(30)31)23(29)21-14-26-28-12-3-2-7-22(21)28/h2-14,16H,15H2,1H3,(H,30,31). The zero-order valence-electron chi connectivity index (χ0n) is 16.8. The van der Waals surface area contributed by atoms with E-state index >= 15 is 0 Å². The normalized spacial score (nSPS) is 11.9. The summed E-state index contributed by atoms with van der Waals surface area (Å²) in [5.41, 5.74) is 2.70. The van der Waals surface area contributed by atoms with Gasteiger partial charge in [0.1, 0.15) is 5.82 Å². The molecule has 4 rings (SSSR count). The highest BCUT2D eigenvalue weighted by Gasteiger charge is 2.26. The predicted molar refractivity (Wildman–Crippen MR) is 113 cm³/mol. The molecule has 7 heteroatoms. The summed E-state index contributed by atoms with van der Waals surface area (Å²) in [6.45, 7) is 2.04. The van der Waals surface area contributed by atoms with Crippen molar-refractivity contribution in [2.75, 3.05) is 0 Å². The number of carbonyl (C=O) groups is 2. The van der Waals surface area contributed by atoms with E-state index in [0.717, 1.165) is 5.56 Å². The summed E-state index contributed by atoms with van der Waals surface area (Å²) in [6.07, 6.45) is 3.28. The van der Waals surface area contributed by atoms with Gasteiger partial charge in [0.25, 0.3) is 5.91 Å². The minimum Gasteiger partial charge on any atom is -0.478 e. The zero-order chi connectivity index (χ0) is 22.0. The SMILES string of the molecule is CC(c1ccc(F)cc1)N(Cc1cccc(C(=O)O)c1)C(=O)c1cnn2ccccc12. The summed E-state index contributed by atoms with van der Waals surface area (Å²) in [4.78, 5) is 26.6. The Kier molecular flexibility index (Phi) is 5.49. The van der Waals surface area contributed by atoms with Crippen LogP contribution in [0.5, 0.6) is 0 Å². The predicted octanol–water partition coefficient (Wildman–Crippen LogP) is 4.58. The Morgan fingerprint density at radius 1 is 1.10 bits per heavy atom. The highest BCUT2D eigenvalue weighted by Crippen LogP contribution is 2.26. The number of fused-ring (bicyclic) bond motifs is 1. The molecule has 1 atom stereocenters. The van der Waals surface area contributed by atoms with Crippen LogP contribution in [0.1, 0.15) is 44.8 Å². The number of hydrogen-bond acceptors (Lipinski definition) is 3. The summed E-state index contributed by atoms with van der Waals surface area (Å²) in [5, 5.41) is 13.6. The van der Waals surface area contributed by atoms with Crippen LogP contribution in [-0.2, 0) is 6.54 Å². The van der Waals surface area contributed by atoms with Crippen molar-refractivity contribution in [2.45, 2.75) is 19.5 Å². The topological polar surface area (TPSA) is 74.9 Å². The number of halogens is 1. The fourth-order valence-electron chi connectivity index (χ4n) is 3.56. The van der Waals surface area contributed by atoms with Gasteiger partial charge in [-0.3, -0.25) is 4.79 Å². The van der Waals surface area contributed by atoms with E-state index in [0.29, 0.717) is 16.6 Å². The van der Waals surface area contributed by atoms with Gasteiger partial charge in [0.2, 0.25) is 0 Å². The number of rotatable bonds is 6. The van der Waals surface area contributed by atoms with Crippen LogP contribution in [0.3, 0.4) is 0 Å². The van der Waals surface area contributed by atoms with Gasteiger partial charge in [0.15, 0.2) is 0 Å². The first-order chi connectivity index (χ1) is 14.9. The van der Waals surface area contributed by atoms with Crippen LogP contribution in [0, 0.1) is 5.82 Å². The van der Waals surface area contributed by atoms with E-state index in [-0.39, 0.29) is 29.9 Å². The van der Waals surface area contributed by atoms with E-state index in [9.17, 15) is 19.1 Å². The number of hydrogen-bond donors (Lipinski definition) is 1. The molecule has 2 heterocycles. The van der Waals surface area contributed by atoms with E-state index in [1.165, 1.54) is 24.4 Å². The molecule has 0 spiro atoms. The van der Waals surface area contributed by atoms with Crippen LogP contribution in [-0.4, -0.2) is 31.5 Å². The van der Waals surface area contributed by atoms with Gasteiger partial charge in [0, 0.05) is 12.7 Å². The molecule has 1 unspecified atom stereocenters. The molecule has 6 nitrogen and oxygen atoms in total. The first-order valence-corrected chi connectivity index (χ1v) is 9.75. The molecule has 0 radical (unpaired) electrons. The van der Waals surface area contributed by atoms with Gasteiger partial charge in [-0.05, 0) is 54.4 Å². The molecular formula is C24H20FN3O3. The largest absolute Gasteiger partial charge is 0.478 e. The van der Waals surface area contributed by atoms with Crippen LogP contribution in [0.25, 0.3) is 5.52 Å². The van der Waals surface area contributed by atoms with Crippen LogP contribution >= 0.6 is 0 Å². The van der Waals surface area contributed by atoms with E-state index in [4.69, 9.17) is 0 Å². The first-order valence-electron chi connectivity index (χ1n) is 9.75. The molecule has 0 bridgehead atoms. The number of nitrogens with zero attached hydrogens (tertiary/aromatic N) is 3. The van der Waals surface area contributed by atoms with Gasteiger partial charge in [-0.1, -0.05) is 30.3 Å². The zero-order valence-corrected chi connectivity index (χ0v) is 16.8. The van der Waals surface area contributed by atoms with Crippen molar-refractivity contribution >= 4 is 17.4 Å². The molecule has 0 aliphatic rings. The molecule has 0 saturated carbocycles. The minimum atomic E-state index is -1.03. The molecular weight excluding hydrogens is 397 g/mol. The number of aromatic nitrogens is 2. The van der Waals surface area contributed by atoms with E-state index in [1.54, 1.807) is 45.9 Å². The molecule has 31 heavy (non-hydrogen) atoms. The number of carboxylic acids is 1. The molecule has 0 fully saturated rings. The lowest BCUT2D eigenvalue weighted by Crippen LogP contribution is -2.33. The Balaban J connectivity index is 1.74. The second-order valence-electron chi connectivity index (χ2n) is 7.25. The monoisotopic (exact) mass is 417 g/mol. The molecule has 1 N–H and O–H groups in total. The van der Waals surface area contributed by atoms with Crippen molar-refractivity contribution < 1.29 is 19.1 Å². The molecule has 0 aliphatic heterocycles. The second kappa shape index (κ2) is 8.39. The Morgan fingerprint density at radius 2 is 1.87 bits per heavy atom. The average molecular weight is 417 g/mol. The number of aromatic carboxylic acids is 1. The smallest absolute Gasteiger partial charge is 0.335 e. The quantitative estimate of drug-likeness (QED) is 0.499. The fraction of sp³-hybridized carbons (Fsp3) is 0.125. The highest BCUT2D eigenvalue weighted by atomic mass is 19.1. The molecule has 2 aromatic heterocycles. The number of amides is 1. The van der Waals surface area contributed by atoms with Crippen molar-refractivity contribution in [3.8, 4) is 0 Å². The third kappa shape index (κ3) is 4.16. The summed E-state index contributed by atoms with van der Waals surface area (Å²) in [7, 11) is 0. The van der Waals surface area contributed by atoms with Gasteiger partial charge < -0.3 is 10.0 Å². The second-order valence-corrected chi connectivity index (χ2v) is 7.25. The molecule has 156 valence electrons. The number of pyridine rings is 1. The van der Waals surface area contributed by atoms with Crippen molar-refractivity contribution in [3.05, 3.63) is 107 Å². The molecule has 1 amide bonds. The van der Waals surface area contributed by atoms with Gasteiger partial charge in [-0.15, -0.1) is 0 Å². The lowest BCUT2D eigenvalue weighted by molar-refractivity contribution is 0.0675. The summed E-state index contributed by atoms with van der Waals surface area (Å²) < 4.78 is 15.1. The Labute approximate surface area is 178 Å². The summed E-state index contributed by atoms with van der Waals surface area (Å²) in [6, 6.07) is 17.6. The average Bonchev–Trinajstić information content (AvgIpc) is 3.21. The van der Waals surface area contributed by atoms with Crippen LogP contribution < -0.4 is 0 Å². The van der Waals surface area contributed by atoms with Crippen LogP contribution in [0.15, 0.2) is 79.1 Å². The third-order valence-corrected chi connectivity index (χ3v) is 5.26. The Morgan fingerprint density at radius 3 is 2.61 bits per heavy atom. The number of carboxylic acid groups (broad SMARTS) is 1. The van der Waals surface area contributed by atoms with E-state index < -0.39 is 5.97 Å². The van der Waals surface area contributed by atoms with Crippen molar-refractivity contribution in [1.82, 2.24) is 14.5 Å². The lowest BCUT2D eigenvalue weighted by atomic mass is 10.0.